The van der Waals surface area contributed by atoms with Crippen molar-refractivity contribution in [3.05, 3.63) is 0 Å². The third-order valence-electron chi connectivity index (χ3n) is 2.05. The lowest BCUT2D eigenvalue weighted by Gasteiger charge is -2.21. The molecule has 0 aliphatic carbocycles. The highest BCUT2D eigenvalue weighted by atomic mass is 19.1. The molecule has 0 aromatic rings. The number of alkyl halides is 1. The molecule has 0 saturated carbocycles. The Morgan fingerprint density at radius 2 is 2.18 bits per heavy atom. The minimum absolute atomic E-state index is 0.351. The van der Waals surface area contributed by atoms with Crippen LogP contribution in [0.25, 0.3) is 0 Å². The molecule has 1 fully saturated rings. The lowest BCUT2D eigenvalue weighted by Crippen LogP contribution is -2.19. The van der Waals surface area contributed by atoms with Crippen LogP contribution in [0, 0.1) is 5.92 Å². The summed E-state index contributed by atoms with van der Waals surface area (Å²) < 4.78 is 17.6. The second-order valence-electron chi connectivity index (χ2n) is 2.94. The fourth-order valence-corrected chi connectivity index (χ4v) is 1.36. The molecule has 3 heteroatoms. The van der Waals surface area contributed by atoms with Gasteiger partial charge in [-0.05, 0) is 25.2 Å². The smallest absolute Gasteiger partial charge is 0.155 e. The quantitative estimate of drug-likeness (QED) is 0.582. The van der Waals surface area contributed by atoms with Gasteiger partial charge in [0.2, 0.25) is 0 Å². The van der Waals surface area contributed by atoms with E-state index in [0.29, 0.717) is 18.6 Å². The SMILES string of the molecule is O=CC(F)CC1CCOCC1. The fraction of sp³-hybridized carbons (Fsp3) is 0.875. The summed E-state index contributed by atoms with van der Waals surface area (Å²) in [6.07, 6.45) is 1.29. The molecule has 11 heavy (non-hydrogen) atoms. The Morgan fingerprint density at radius 1 is 1.55 bits per heavy atom. The van der Waals surface area contributed by atoms with Gasteiger partial charge < -0.3 is 9.53 Å². The van der Waals surface area contributed by atoms with Crippen molar-refractivity contribution in [2.24, 2.45) is 5.92 Å². The van der Waals surface area contributed by atoms with Gasteiger partial charge in [-0.3, -0.25) is 0 Å². The molecule has 0 amide bonds. The van der Waals surface area contributed by atoms with Gasteiger partial charge in [0.1, 0.15) is 0 Å². The van der Waals surface area contributed by atoms with Crippen LogP contribution in [0.5, 0.6) is 0 Å². The molecular weight excluding hydrogens is 147 g/mol. The van der Waals surface area contributed by atoms with E-state index in [9.17, 15) is 9.18 Å². The topological polar surface area (TPSA) is 26.3 Å². The van der Waals surface area contributed by atoms with E-state index in [2.05, 4.69) is 0 Å². The van der Waals surface area contributed by atoms with Crippen molar-refractivity contribution in [3.63, 3.8) is 0 Å². The van der Waals surface area contributed by atoms with Crippen LogP contribution in [0.4, 0.5) is 4.39 Å². The number of hydrogen-bond acceptors (Lipinski definition) is 2. The average Bonchev–Trinajstić information content (AvgIpc) is 2.06. The van der Waals surface area contributed by atoms with Gasteiger partial charge in [0.25, 0.3) is 0 Å². The Labute approximate surface area is 65.7 Å². The lowest BCUT2D eigenvalue weighted by molar-refractivity contribution is -0.112. The first-order valence-corrected chi connectivity index (χ1v) is 4.00. The third kappa shape index (κ3) is 2.97. The molecular formula is C8H13FO2. The number of rotatable bonds is 3. The average molecular weight is 160 g/mol. The number of hydrogen-bond donors (Lipinski definition) is 0. The van der Waals surface area contributed by atoms with Crippen LogP contribution >= 0.6 is 0 Å². The molecule has 1 rings (SSSR count). The van der Waals surface area contributed by atoms with Crippen molar-refractivity contribution >= 4 is 6.29 Å². The molecule has 2 nitrogen and oxygen atoms in total. The first-order chi connectivity index (χ1) is 5.33. The largest absolute Gasteiger partial charge is 0.381 e. The van der Waals surface area contributed by atoms with Crippen LogP contribution in [0.1, 0.15) is 19.3 Å². The van der Waals surface area contributed by atoms with Crippen LogP contribution < -0.4 is 0 Å². The Hall–Kier alpha value is -0.440. The van der Waals surface area contributed by atoms with E-state index >= 15 is 0 Å². The molecule has 1 unspecified atom stereocenters. The monoisotopic (exact) mass is 160 g/mol. The summed E-state index contributed by atoms with van der Waals surface area (Å²) in [6.45, 7) is 1.44. The zero-order valence-corrected chi connectivity index (χ0v) is 6.46. The summed E-state index contributed by atoms with van der Waals surface area (Å²) in [5.74, 6) is 0.351. The summed E-state index contributed by atoms with van der Waals surface area (Å²) in [6, 6.07) is 0. The number of ether oxygens (including phenoxy) is 1. The van der Waals surface area contributed by atoms with Crippen molar-refractivity contribution < 1.29 is 13.9 Å². The van der Waals surface area contributed by atoms with Crippen LogP contribution in [0.15, 0.2) is 0 Å². The molecule has 0 radical (unpaired) electrons. The molecule has 64 valence electrons. The van der Waals surface area contributed by atoms with E-state index in [1.165, 1.54) is 0 Å². The van der Waals surface area contributed by atoms with E-state index in [0.717, 1.165) is 26.1 Å². The first kappa shape index (κ1) is 8.65. The maximum Gasteiger partial charge on any atom is 0.155 e. The van der Waals surface area contributed by atoms with E-state index in [1.54, 1.807) is 0 Å². The second-order valence-corrected chi connectivity index (χ2v) is 2.94. The lowest BCUT2D eigenvalue weighted by atomic mass is 9.95. The molecule has 1 aliphatic heterocycles. The van der Waals surface area contributed by atoms with E-state index < -0.39 is 6.17 Å². The minimum Gasteiger partial charge on any atom is -0.381 e. The summed E-state index contributed by atoms with van der Waals surface area (Å²) in [4.78, 5) is 9.97. The van der Waals surface area contributed by atoms with Crippen molar-refractivity contribution in [1.29, 1.82) is 0 Å². The van der Waals surface area contributed by atoms with Gasteiger partial charge in [-0.1, -0.05) is 0 Å². The Kier molecular flexibility index (Phi) is 3.49. The highest BCUT2D eigenvalue weighted by Crippen LogP contribution is 2.20. The number of aldehydes is 1. The zero-order chi connectivity index (χ0) is 8.10. The summed E-state index contributed by atoms with van der Waals surface area (Å²) in [5, 5.41) is 0. The molecule has 1 aliphatic rings. The van der Waals surface area contributed by atoms with Gasteiger partial charge in [-0.15, -0.1) is 0 Å². The van der Waals surface area contributed by atoms with Crippen LogP contribution in [0.2, 0.25) is 0 Å². The van der Waals surface area contributed by atoms with Gasteiger partial charge in [-0.25, -0.2) is 4.39 Å². The van der Waals surface area contributed by atoms with E-state index in [-0.39, 0.29) is 0 Å². The number of carbonyl (C=O) groups is 1. The summed E-state index contributed by atoms with van der Waals surface area (Å²) in [5.41, 5.74) is 0. The predicted octanol–water partition coefficient (Wildman–Crippen LogP) is 1.34. The van der Waals surface area contributed by atoms with Crippen molar-refractivity contribution in [2.45, 2.75) is 25.4 Å². The van der Waals surface area contributed by atoms with Crippen molar-refractivity contribution in [3.8, 4) is 0 Å². The normalized spacial score (nSPS) is 23.0. The number of carbonyl (C=O) groups excluding carboxylic acids is 1. The second kappa shape index (κ2) is 4.44. The minimum atomic E-state index is -1.27. The zero-order valence-electron chi connectivity index (χ0n) is 6.46. The van der Waals surface area contributed by atoms with Crippen molar-refractivity contribution in [2.75, 3.05) is 13.2 Å². The molecule has 0 aromatic carbocycles. The molecule has 0 bridgehead atoms. The van der Waals surface area contributed by atoms with Crippen molar-refractivity contribution in [1.82, 2.24) is 0 Å². The van der Waals surface area contributed by atoms with Crippen LogP contribution in [-0.2, 0) is 9.53 Å². The maximum absolute atomic E-state index is 12.5. The van der Waals surface area contributed by atoms with Gasteiger partial charge in [0.15, 0.2) is 12.5 Å². The fourth-order valence-electron chi connectivity index (χ4n) is 1.36. The van der Waals surface area contributed by atoms with E-state index in [1.807, 2.05) is 0 Å². The maximum atomic E-state index is 12.5. The van der Waals surface area contributed by atoms with Crippen LogP contribution in [0.3, 0.4) is 0 Å². The molecule has 1 heterocycles. The van der Waals surface area contributed by atoms with Gasteiger partial charge in [-0.2, -0.15) is 0 Å². The van der Waals surface area contributed by atoms with Crippen LogP contribution in [-0.4, -0.2) is 25.7 Å². The Bertz CT molecular complexity index is 121. The van der Waals surface area contributed by atoms with E-state index in [4.69, 9.17) is 4.74 Å². The third-order valence-corrected chi connectivity index (χ3v) is 2.05. The highest BCUT2D eigenvalue weighted by molar-refractivity contribution is 5.55. The predicted molar refractivity (Wildman–Crippen MR) is 39.1 cm³/mol. The summed E-state index contributed by atoms with van der Waals surface area (Å²) >= 11 is 0. The molecule has 1 saturated heterocycles. The highest BCUT2D eigenvalue weighted by Gasteiger charge is 2.17. The van der Waals surface area contributed by atoms with Gasteiger partial charge >= 0.3 is 0 Å². The standard InChI is InChI=1S/C8H13FO2/c9-8(6-10)5-7-1-3-11-4-2-7/h6-8H,1-5H2. The summed E-state index contributed by atoms with van der Waals surface area (Å²) in [7, 11) is 0. The molecule has 0 aromatic heterocycles. The molecule has 1 atom stereocenters. The Morgan fingerprint density at radius 3 is 2.73 bits per heavy atom. The molecule has 0 spiro atoms. The molecule has 0 N–H and O–H groups in total. The van der Waals surface area contributed by atoms with Gasteiger partial charge in [0, 0.05) is 13.2 Å². The van der Waals surface area contributed by atoms with Gasteiger partial charge in [0.05, 0.1) is 0 Å². The first-order valence-electron chi connectivity index (χ1n) is 4.00. The number of halogens is 1. The Balaban J connectivity index is 2.18.